The van der Waals surface area contributed by atoms with Crippen LogP contribution in [0.1, 0.15) is 28.3 Å². The summed E-state index contributed by atoms with van der Waals surface area (Å²) in [6.45, 7) is 3.04. The Bertz CT molecular complexity index is 1370. The lowest BCUT2D eigenvalue weighted by atomic mass is 9.94. The molecule has 1 saturated heterocycles. The van der Waals surface area contributed by atoms with E-state index in [0.717, 1.165) is 11.1 Å². The summed E-state index contributed by atoms with van der Waals surface area (Å²) in [6.07, 6.45) is 0. The van der Waals surface area contributed by atoms with Gasteiger partial charge in [0.2, 0.25) is 0 Å². The summed E-state index contributed by atoms with van der Waals surface area (Å²) in [5.74, 6) is -0.938. The number of benzene rings is 3. The third kappa shape index (κ3) is 5.50. The number of Topliss-reactive ketones (excluding diaryl/α,β-unsaturated/α-hetero) is 1. The average Bonchev–Trinajstić information content (AvgIpc) is 3.16. The number of carbonyl (C=O) groups excluding carboxylic acids is 2. The Morgan fingerprint density at radius 1 is 1.00 bits per heavy atom. The molecule has 0 spiro atoms. The molecule has 0 saturated carbocycles. The maximum absolute atomic E-state index is 13.3. The molecule has 1 heterocycles. The van der Waals surface area contributed by atoms with E-state index in [9.17, 15) is 19.8 Å². The quantitative estimate of drug-likeness (QED) is 0.249. The summed E-state index contributed by atoms with van der Waals surface area (Å²) in [6, 6.07) is 18.7. The highest BCUT2D eigenvalue weighted by Crippen LogP contribution is 2.42. The lowest BCUT2D eigenvalue weighted by molar-refractivity contribution is -0.140. The molecule has 4 rings (SSSR count). The zero-order chi connectivity index (χ0) is 27.4. The fraction of sp³-hybridized carbons (Fsp3) is 0.267. The minimum absolute atomic E-state index is 0.0150. The SMILES string of the molecule is COc1cc([C@H]2C(=C(O)c3ccc(OCc4ccccc4)c(C)c3)C(=O)C(=O)N2CCN(C)C)ccc1O. The monoisotopic (exact) mass is 516 g/mol. The van der Waals surface area contributed by atoms with E-state index >= 15 is 0 Å². The maximum atomic E-state index is 13.3. The van der Waals surface area contributed by atoms with Gasteiger partial charge >= 0.3 is 0 Å². The summed E-state index contributed by atoms with van der Waals surface area (Å²) in [5.41, 5.74) is 2.73. The van der Waals surface area contributed by atoms with Gasteiger partial charge < -0.3 is 29.5 Å². The summed E-state index contributed by atoms with van der Waals surface area (Å²) < 4.78 is 11.2. The van der Waals surface area contributed by atoms with Crippen LogP contribution in [0.3, 0.4) is 0 Å². The van der Waals surface area contributed by atoms with Gasteiger partial charge in [-0.25, -0.2) is 0 Å². The number of nitrogens with zero attached hydrogens (tertiary/aromatic N) is 2. The van der Waals surface area contributed by atoms with Crippen molar-refractivity contribution >= 4 is 17.4 Å². The Morgan fingerprint density at radius 2 is 1.74 bits per heavy atom. The number of ketones is 1. The summed E-state index contributed by atoms with van der Waals surface area (Å²) in [5, 5.41) is 21.5. The molecular weight excluding hydrogens is 484 g/mol. The van der Waals surface area contributed by atoms with Crippen molar-refractivity contribution in [2.75, 3.05) is 34.3 Å². The molecule has 1 atom stereocenters. The third-order valence-corrected chi connectivity index (χ3v) is 6.53. The first-order chi connectivity index (χ1) is 18.2. The Hall–Kier alpha value is -4.30. The summed E-state index contributed by atoms with van der Waals surface area (Å²) >= 11 is 0. The number of phenols is 1. The zero-order valence-corrected chi connectivity index (χ0v) is 22.0. The van der Waals surface area contributed by atoms with Crippen molar-refractivity contribution < 1.29 is 29.3 Å². The van der Waals surface area contributed by atoms with E-state index in [2.05, 4.69) is 0 Å². The van der Waals surface area contributed by atoms with Gasteiger partial charge in [0.05, 0.1) is 18.7 Å². The number of amides is 1. The number of carbonyl (C=O) groups is 2. The number of ether oxygens (including phenoxy) is 2. The number of phenolic OH excluding ortho intramolecular Hbond substituents is 1. The first-order valence-electron chi connectivity index (χ1n) is 12.3. The smallest absolute Gasteiger partial charge is 0.295 e. The molecule has 0 unspecified atom stereocenters. The molecule has 1 aliphatic rings. The Kier molecular flexibility index (Phi) is 8.02. The van der Waals surface area contributed by atoms with E-state index in [1.54, 1.807) is 30.3 Å². The van der Waals surface area contributed by atoms with Crippen LogP contribution < -0.4 is 9.47 Å². The van der Waals surface area contributed by atoms with E-state index in [1.165, 1.54) is 18.1 Å². The first kappa shape index (κ1) is 26.8. The maximum Gasteiger partial charge on any atom is 0.295 e. The molecule has 1 aliphatic heterocycles. The highest BCUT2D eigenvalue weighted by molar-refractivity contribution is 6.46. The predicted octanol–water partition coefficient (Wildman–Crippen LogP) is 4.27. The molecule has 0 aliphatic carbocycles. The molecule has 2 N–H and O–H groups in total. The molecule has 8 heteroatoms. The van der Waals surface area contributed by atoms with Gasteiger partial charge in [-0.2, -0.15) is 0 Å². The lowest BCUT2D eigenvalue weighted by Gasteiger charge is -2.27. The van der Waals surface area contributed by atoms with Crippen LogP contribution in [0.2, 0.25) is 0 Å². The fourth-order valence-electron chi connectivity index (χ4n) is 4.48. The minimum Gasteiger partial charge on any atom is -0.507 e. The van der Waals surface area contributed by atoms with Crippen LogP contribution in [0.5, 0.6) is 17.2 Å². The van der Waals surface area contributed by atoms with Crippen molar-refractivity contribution in [2.24, 2.45) is 0 Å². The molecule has 1 fully saturated rings. The molecule has 198 valence electrons. The van der Waals surface area contributed by atoms with E-state index in [1.807, 2.05) is 56.3 Å². The lowest BCUT2D eigenvalue weighted by Crippen LogP contribution is -2.35. The molecule has 3 aromatic carbocycles. The van der Waals surface area contributed by atoms with Crippen molar-refractivity contribution in [1.82, 2.24) is 9.80 Å². The van der Waals surface area contributed by atoms with Gasteiger partial charge in [0, 0.05) is 18.7 Å². The first-order valence-corrected chi connectivity index (χ1v) is 12.3. The van der Waals surface area contributed by atoms with Crippen LogP contribution >= 0.6 is 0 Å². The Labute approximate surface area is 222 Å². The van der Waals surface area contributed by atoms with Gasteiger partial charge in [-0.05, 0) is 68.0 Å². The van der Waals surface area contributed by atoms with Gasteiger partial charge in [-0.1, -0.05) is 36.4 Å². The van der Waals surface area contributed by atoms with Crippen molar-refractivity contribution in [3.05, 3.63) is 94.6 Å². The van der Waals surface area contributed by atoms with Crippen LogP contribution in [0.15, 0.2) is 72.3 Å². The molecular formula is C30H32N2O6. The van der Waals surface area contributed by atoms with Crippen LogP contribution in [0, 0.1) is 6.92 Å². The van der Waals surface area contributed by atoms with Crippen LogP contribution in [-0.4, -0.2) is 66.0 Å². The van der Waals surface area contributed by atoms with Gasteiger partial charge in [0.15, 0.2) is 11.5 Å². The van der Waals surface area contributed by atoms with Crippen LogP contribution in [-0.2, 0) is 16.2 Å². The van der Waals surface area contributed by atoms with Gasteiger partial charge in [0.25, 0.3) is 11.7 Å². The van der Waals surface area contributed by atoms with Crippen LogP contribution in [0.4, 0.5) is 0 Å². The number of aromatic hydroxyl groups is 1. The predicted molar refractivity (Wildman–Crippen MR) is 144 cm³/mol. The number of aryl methyl sites for hydroxylation is 1. The van der Waals surface area contributed by atoms with Gasteiger partial charge in [-0.15, -0.1) is 0 Å². The number of hydrogen-bond donors (Lipinski definition) is 2. The van der Waals surface area contributed by atoms with E-state index in [0.29, 0.717) is 30.0 Å². The molecule has 3 aromatic rings. The standard InChI is InChI=1S/C30H32N2O6/c1-19-16-22(11-13-24(19)38-18-20-8-6-5-7-9-20)28(34)26-27(21-10-12-23(33)25(17-21)37-4)32(15-14-31(2)3)30(36)29(26)35/h5-13,16-17,27,33-34H,14-15,18H2,1-4H3/t27-/m0/s1. The number of rotatable bonds is 9. The Morgan fingerprint density at radius 3 is 2.39 bits per heavy atom. The number of aliphatic hydroxyl groups excluding tert-OH is 1. The number of aliphatic hydroxyl groups is 1. The molecule has 0 aromatic heterocycles. The third-order valence-electron chi connectivity index (χ3n) is 6.53. The second-order valence-electron chi connectivity index (χ2n) is 9.48. The molecule has 0 radical (unpaired) electrons. The second-order valence-corrected chi connectivity index (χ2v) is 9.48. The molecule has 0 bridgehead atoms. The highest BCUT2D eigenvalue weighted by atomic mass is 16.5. The average molecular weight is 517 g/mol. The molecule has 1 amide bonds. The normalized spacial score (nSPS) is 16.8. The summed E-state index contributed by atoms with van der Waals surface area (Å²) in [7, 11) is 5.17. The van der Waals surface area contributed by atoms with Gasteiger partial charge in [0.1, 0.15) is 18.1 Å². The highest BCUT2D eigenvalue weighted by Gasteiger charge is 2.46. The largest absolute Gasteiger partial charge is 0.507 e. The topological polar surface area (TPSA) is 99.5 Å². The second kappa shape index (κ2) is 11.4. The van der Waals surface area contributed by atoms with Gasteiger partial charge in [-0.3, -0.25) is 9.59 Å². The number of likely N-dealkylation sites (tertiary alicyclic amines) is 1. The number of hydrogen-bond acceptors (Lipinski definition) is 7. The van der Waals surface area contributed by atoms with E-state index in [-0.39, 0.29) is 29.4 Å². The number of methoxy groups -OCH3 is 1. The zero-order valence-electron chi connectivity index (χ0n) is 22.0. The van der Waals surface area contributed by atoms with E-state index in [4.69, 9.17) is 9.47 Å². The van der Waals surface area contributed by atoms with E-state index < -0.39 is 17.7 Å². The Balaban J connectivity index is 1.73. The van der Waals surface area contributed by atoms with Crippen molar-refractivity contribution in [2.45, 2.75) is 19.6 Å². The van der Waals surface area contributed by atoms with Crippen LogP contribution in [0.25, 0.3) is 5.76 Å². The molecule has 38 heavy (non-hydrogen) atoms. The molecule has 8 nitrogen and oxygen atoms in total. The number of likely N-dealkylation sites (N-methyl/N-ethyl adjacent to an activating group) is 1. The van der Waals surface area contributed by atoms with Crippen molar-refractivity contribution in [3.63, 3.8) is 0 Å². The fourth-order valence-corrected chi connectivity index (χ4v) is 4.48. The minimum atomic E-state index is -0.848. The summed E-state index contributed by atoms with van der Waals surface area (Å²) in [4.78, 5) is 29.7. The van der Waals surface area contributed by atoms with Crippen molar-refractivity contribution in [3.8, 4) is 17.2 Å². The van der Waals surface area contributed by atoms with Crippen molar-refractivity contribution in [1.29, 1.82) is 0 Å².